The van der Waals surface area contributed by atoms with Gasteiger partial charge >= 0.3 is 0 Å². The molecular weight excluding hydrogens is 394 g/mol. The first-order valence-corrected chi connectivity index (χ1v) is 8.52. The molecule has 9 heteroatoms. The van der Waals surface area contributed by atoms with Crippen molar-refractivity contribution in [2.24, 2.45) is 0 Å². The van der Waals surface area contributed by atoms with Crippen LogP contribution in [0.5, 0.6) is 11.5 Å². The number of benzene rings is 2. The van der Waals surface area contributed by atoms with Gasteiger partial charge in [0.1, 0.15) is 23.2 Å². The van der Waals surface area contributed by atoms with Crippen molar-refractivity contribution in [1.29, 1.82) is 0 Å². The lowest BCUT2D eigenvalue weighted by Gasteiger charge is -2.20. The van der Waals surface area contributed by atoms with E-state index in [1.807, 2.05) is 0 Å². The number of ether oxygens (including phenoxy) is 2. The lowest BCUT2D eigenvalue weighted by Crippen LogP contribution is -2.10. The maximum Gasteiger partial charge on any atom is 0.298 e. The molecule has 2 aromatic carbocycles. The number of nitrogen functional groups attached to an aromatic ring is 1. The Bertz CT molecular complexity index is 1380. The van der Waals surface area contributed by atoms with Gasteiger partial charge in [0, 0.05) is 33.5 Å². The fourth-order valence-corrected chi connectivity index (χ4v) is 2.89. The molecule has 0 radical (unpaired) electrons. The highest BCUT2D eigenvalue weighted by molar-refractivity contribution is 5.83. The van der Waals surface area contributed by atoms with Gasteiger partial charge < -0.3 is 15.2 Å². The molecule has 2 N–H and O–H groups in total. The molecule has 4 aromatic rings. The van der Waals surface area contributed by atoms with E-state index in [0.717, 1.165) is 18.2 Å². The third-order valence-corrected chi connectivity index (χ3v) is 4.19. The number of hydrogen-bond acceptors (Lipinski definition) is 6. The van der Waals surface area contributed by atoms with E-state index >= 15 is 0 Å². The van der Waals surface area contributed by atoms with Crippen LogP contribution in [0.15, 0.2) is 54.9 Å². The van der Waals surface area contributed by atoms with E-state index in [4.69, 9.17) is 20.7 Å². The van der Waals surface area contributed by atoms with Crippen LogP contribution in [-0.2, 0) is 4.79 Å². The third-order valence-electron chi connectivity index (χ3n) is 4.19. The van der Waals surface area contributed by atoms with Gasteiger partial charge in [-0.25, -0.2) is 18.4 Å². The van der Waals surface area contributed by atoms with Crippen LogP contribution in [0.3, 0.4) is 0 Å². The molecule has 0 unspecified atom stereocenters. The summed E-state index contributed by atoms with van der Waals surface area (Å²) in [6.45, 7) is -2.99. The number of anilines is 1. The molecule has 0 aliphatic heterocycles. The smallest absolute Gasteiger partial charge is 0.298 e. The molecule has 0 aliphatic rings. The SMILES string of the molecule is [2H]C([2H])([2H])[C@]([2H])(Oc1cc2cc(F)cc(F)c2nc1N)c1cc(OC=O)ccc1-n1cccn1. The second-order valence-electron chi connectivity index (χ2n) is 6.11. The van der Waals surface area contributed by atoms with E-state index in [9.17, 15) is 13.6 Å². The lowest BCUT2D eigenvalue weighted by molar-refractivity contribution is -0.120. The standard InChI is InChI=1S/C21H16F2N4O3/c1-12(16-10-15(29-11-28)3-4-18(16)27-6-2-5-25-27)30-19-8-13-7-14(22)9-17(23)20(13)26-21(19)24/h2-12H,1H3,(H2,24,26)/t12-/m0/s1/i1D3,12D. The molecule has 0 amide bonds. The lowest BCUT2D eigenvalue weighted by atomic mass is 10.1. The van der Waals surface area contributed by atoms with Gasteiger partial charge in [-0.1, -0.05) is 0 Å². The van der Waals surface area contributed by atoms with Crippen molar-refractivity contribution in [3.63, 3.8) is 0 Å². The van der Waals surface area contributed by atoms with Crippen LogP contribution in [0.1, 0.15) is 24.0 Å². The van der Waals surface area contributed by atoms with E-state index in [1.165, 1.54) is 29.2 Å². The molecule has 0 spiro atoms. The van der Waals surface area contributed by atoms with Crippen LogP contribution in [0.4, 0.5) is 14.6 Å². The summed E-state index contributed by atoms with van der Waals surface area (Å²) in [5.41, 5.74) is 5.51. The molecule has 2 heterocycles. The zero-order valence-electron chi connectivity index (χ0n) is 19.2. The Labute approximate surface area is 175 Å². The molecule has 2 aromatic heterocycles. The van der Waals surface area contributed by atoms with Crippen molar-refractivity contribution in [3.8, 4) is 17.2 Å². The number of halogens is 2. The maximum atomic E-state index is 14.1. The van der Waals surface area contributed by atoms with Crippen molar-refractivity contribution in [2.75, 3.05) is 5.73 Å². The van der Waals surface area contributed by atoms with Gasteiger partial charge in [-0.05, 0) is 43.3 Å². The second kappa shape index (κ2) is 7.78. The minimum Gasteiger partial charge on any atom is -0.482 e. The molecule has 152 valence electrons. The summed E-state index contributed by atoms with van der Waals surface area (Å²) < 4.78 is 72.7. The number of rotatable bonds is 6. The number of pyridine rings is 1. The summed E-state index contributed by atoms with van der Waals surface area (Å²) in [6.07, 6.45) is 0.109. The van der Waals surface area contributed by atoms with Gasteiger partial charge in [0.25, 0.3) is 6.47 Å². The first-order chi connectivity index (χ1) is 16.0. The van der Waals surface area contributed by atoms with E-state index in [2.05, 4.69) is 10.1 Å². The Balaban J connectivity index is 1.93. The van der Waals surface area contributed by atoms with Crippen LogP contribution in [-0.4, -0.2) is 21.2 Å². The minimum atomic E-state index is -3.14. The van der Waals surface area contributed by atoms with Gasteiger partial charge in [0.15, 0.2) is 17.4 Å². The molecule has 0 aliphatic carbocycles. The highest BCUT2D eigenvalue weighted by atomic mass is 19.1. The van der Waals surface area contributed by atoms with Gasteiger partial charge in [-0.15, -0.1) is 0 Å². The molecule has 30 heavy (non-hydrogen) atoms. The summed E-state index contributed by atoms with van der Waals surface area (Å²) in [5.74, 6) is -2.73. The maximum absolute atomic E-state index is 14.1. The summed E-state index contributed by atoms with van der Waals surface area (Å²) in [5, 5.41) is 4.01. The normalized spacial score (nSPS) is 15.4. The topological polar surface area (TPSA) is 92.3 Å². The molecule has 7 nitrogen and oxygen atoms in total. The number of aromatic nitrogens is 3. The molecule has 0 bridgehead atoms. The number of nitrogens with zero attached hydrogens (tertiary/aromatic N) is 3. The summed E-state index contributed by atoms with van der Waals surface area (Å²) >= 11 is 0. The van der Waals surface area contributed by atoms with Crippen molar-refractivity contribution in [2.45, 2.75) is 12.9 Å². The predicted molar refractivity (Wildman–Crippen MR) is 105 cm³/mol. The van der Waals surface area contributed by atoms with E-state index in [0.29, 0.717) is 6.07 Å². The van der Waals surface area contributed by atoms with Crippen LogP contribution < -0.4 is 15.2 Å². The van der Waals surface area contributed by atoms with Gasteiger partial charge in [0.05, 0.1) is 7.06 Å². The van der Waals surface area contributed by atoms with Crippen LogP contribution in [0, 0.1) is 11.6 Å². The van der Waals surface area contributed by atoms with E-state index in [1.54, 1.807) is 6.07 Å². The Morgan fingerprint density at radius 2 is 2.17 bits per heavy atom. The highest BCUT2D eigenvalue weighted by Crippen LogP contribution is 2.33. The van der Waals surface area contributed by atoms with Crippen LogP contribution >= 0.6 is 0 Å². The molecule has 4 rings (SSSR count). The number of carbonyl (C=O) groups is 1. The van der Waals surface area contributed by atoms with Gasteiger partial charge in [-0.2, -0.15) is 5.10 Å². The highest BCUT2D eigenvalue weighted by Gasteiger charge is 2.18. The third kappa shape index (κ3) is 3.64. The van der Waals surface area contributed by atoms with E-state index in [-0.39, 0.29) is 34.4 Å². The zero-order chi connectivity index (χ0) is 24.7. The fraction of sp³-hybridized carbons (Fsp3) is 0.0952. The molecule has 0 saturated carbocycles. The molecule has 0 saturated heterocycles. The first kappa shape index (κ1) is 14.9. The number of carbonyl (C=O) groups excluding carboxylic acids is 1. The van der Waals surface area contributed by atoms with Crippen molar-refractivity contribution in [3.05, 3.63) is 72.1 Å². The summed E-state index contributed by atoms with van der Waals surface area (Å²) in [4.78, 5) is 14.7. The Hall–Kier alpha value is -4.01. The quantitative estimate of drug-likeness (QED) is 0.480. The van der Waals surface area contributed by atoms with Crippen LogP contribution in [0.25, 0.3) is 16.6 Å². The van der Waals surface area contributed by atoms with Gasteiger partial charge in [-0.3, -0.25) is 4.79 Å². The largest absolute Gasteiger partial charge is 0.482 e. The Morgan fingerprint density at radius 1 is 1.30 bits per heavy atom. The van der Waals surface area contributed by atoms with Crippen molar-refractivity contribution >= 4 is 23.2 Å². The number of fused-ring (bicyclic) bond motifs is 1. The van der Waals surface area contributed by atoms with E-state index < -0.39 is 36.1 Å². The number of nitrogens with two attached hydrogens (primary N) is 1. The molecule has 1 atom stereocenters. The van der Waals surface area contributed by atoms with Gasteiger partial charge in [0.2, 0.25) is 0 Å². The Kier molecular flexibility index (Phi) is 3.87. The average Bonchev–Trinajstić information content (AvgIpc) is 3.29. The minimum absolute atomic E-state index is 0.0556. The van der Waals surface area contributed by atoms with Crippen molar-refractivity contribution in [1.82, 2.24) is 14.8 Å². The predicted octanol–water partition coefficient (Wildman–Crippen LogP) is 3.96. The van der Waals surface area contributed by atoms with Crippen LogP contribution in [0.2, 0.25) is 0 Å². The zero-order valence-corrected chi connectivity index (χ0v) is 15.2. The average molecular weight is 414 g/mol. The van der Waals surface area contributed by atoms with Crippen molar-refractivity contribution < 1.29 is 28.5 Å². The Morgan fingerprint density at radius 3 is 2.90 bits per heavy atom. The molecular formula is C21H16F2N4O3. The second-order valence-corrected chi connectivity index (χ2v) is 6.11. The molecule has 0 fully saturated rings. The summed E-state index contributed by atoms with van der Waals surface area (Å²) in [7, 11) is 0. The number of hydrogen-bond donors (Lipinski definition) is 1. The first-order valence-electron chi connectivity index (χ1n) is 10.5. The fourth-order valence-electron chi connectivity index (χ4n) is 2.89. The summed E-state index contributed by atoms with van der Waals surface area (Å²) in [6, 6.07) is 8.19. The monoisotopic (exact) mass is 414 g/mol.